The Bertz CT molecular complexity index is 896. The molecule has 3 rings (SSSR count). The Kier molecular flexibility index (Phi) is 5.45. The fraction of sp³-hybridized carbons (Fsp3) is 0.429. The third kappa shape index (κ3) is 3.66. The molecule has 138 valence electrons. The highest BCUT2D eigenvalue weighted by Gasteiger charge is 2.11. The van der Waals surface area contributed by atoms with Crippen LogP contribution in [0.2, 0.25) is 0 Å². The summed E-state index contributed by atoms with van der Waals surface area (Å²) < 4.78 is 5.77. The van der Waals surface area contributed by atoms with Gasteiger partial charge in [0.2, 0.25) is 5.95 Å². The van der Waals surface area contributed by atoms with Crippen molar-refractivity contribution in [3.05, 3.63) is 41.3 Å². The average Bonchev–Trinajstić information content (AvgIpc) is 2.91. The largest absolute Gasteiger partial charge is 0.461 e. The van der Waals surface area contributed by atoms with E-state index in [4.69, 9.17) is 14.4 Å². The maximum Gasteiger partial charge on any atom is 0.229 e. The molecule has 2 aromatic heterocycles. The second kappa shape index (κ2) is 7.77. The molecule has 5 heteroatoms. The highest BCUT2D eigenvalue weighted by Crippen LogP contribution is 2.28. The number of nitrogens with zero attached hydrogens (tertiary/aromatic N) is 3. The number of benzene rings is 1. The Morgan fingerprint density at radius 1 is 1.04 bits per heavy atom. The first-order valence-corrected chi connectivity index (χ1v) is 9.45. The van der Waals surface area contributed by atoms with Crippen LogP contribution in [0.15, 0.2) is 28.7 Å². The molecule has 0 spiro atoms. The highest BCUT2D eigenvalue weighted by molar-refractivity contribution is 5.86. The van der Waals surface area contributed by atoms with Gasteiger partial charge in [0, 0.05) is 35.9 Å². The fourth-order valence-electron chi connectivity index (χ4n) is 3.18. The Balaban J connectivity index is 1.96. The lowest BCUT2D eigenvalue weighted by molar-refractivity contribution is 0.575. The number of anilines is 3. The molecule has 3 aromatic rings. The van der Waals surface area contributed by atoms with Crippen molar-refractivity contribution in [1.29, 1.82) is 0 Å². The first-order chi connectivity index (χ1) is 12.5. The molecular weight excluding hydrogens is 324 g/mol. The summed E-state index contributed by atoms with van der Waals surface area (Å²) >= 11 is 0. The van der Waals surface area contributed by atoms with Crippen molar-refractivity contribution in [1.82, 2.24) is 9.97 Å². The van der Waals surface area contributed by atoms with Gasteiger partial charge in [-0.15, -0.1) is 0 Å². The van der Waals surface area contributed by atoms with Crippen molar-refractivity contribution < 1.29 is 4.42 Å². The van der Waals surface area contributed by atoms with Crippen LogP contribution in [-0.4, -0.2) is 23.1 Å². The van der Waals surface area contributed by atoms with E-state index in [1.165, 1.54) is 5.56 Å². The van der Waals surface area contributed by atoms with Crippen LogP contribution >= 0.6 is 0 Å². The molecule has 0 saturated carbocycles. The van der Waals surface area contributed by atoms with Gasteiger partial charge in [0.25, 0.3) is 0 Å². The van der Waals surface area contributed by atoms with E-state index < -0.39 is 0 Å². The normalized spacial score (nSPS) is 11.1. The molecule has 0 radical (unpaired) electrons. The first-order valence-electron chi connectivity index (χ1n) is 9.45. The van der Waals surface area contributed by atoms with Gasteiger partial charge in [0.05, 0.1) is 0 Å². The fourth-order valence-corrected chi connectivity index (χ4v) is 3.18. The van der Waals surface area contributed by atoms with E-state index in [2.05, 4.69) is 50.0 Å². The summed E-state index contributed by atoms with van der Waals surface area (Å²) in [6.45, 7) is 12.4. The molecule has 1 aromatic carbocycles. The molecule has 0 saturated heterocycles. The van der Waals surface area contributed by atoms with E-state index >= 15 is 0 Å². The summed E-state index contributed by atoms with van der Waals surface area (Å²) in [5, 5.41) is 4.51. The van der Waals surface area contributed by atoms with E-state index in [0.717, 1.165) is 59.9 Å². The van der Waals surface area contributed by atoms with E-state index in [0.29, 0.717) is 5.95 Å². The number of aromatic nitrogens is 2. The smallest absolute Gasteiger partial charge is 0.229 e. The van der Waals surface area contributed by atoms with Gasteiger partial charge in [0.15, 0.2) is 0 Å². The molecule has 2 heterocycles. The van der Waals surface area contributed by atoms with Crippen LogP contribution in [0.25, 0.3) is 11.0 Å². The van der Waals surface area contributed by atoms with Gasteiger partial charge in [-0.25, -0.2) is 4.98 Å². The molecular formula is C21H28N4O. The third-order valence-electron chi connectivity index (χ3n) is 4.79. The van der Waals surface area contributed by atoms with Gasteiger partial charge < -0.3 is 14.6 Å². The zero-order chi connectivity index (χ0) is 18.7. The lowest BCUT2D eigenvalue weighted by atomic mass is 10.1. The molecule has 0 fully saturated rings. The lowest BCUT2D eigenvalue weighted by Crippen LogP contribution is -2.23. The van der Waals surface area contributed by atoms with Crippen LogP contribution < -0.4 is 10.2 Å². The number of rotatable bonds is 7. The lowest BCUT2D eigenvalue weighted by Gasteiger charge is -2.21. The molecule has 0 aliphatic carbocycles. The van der Waals surface area contributed by atoms with Crippen LogP contribution in [-0.2, 0) is 6.42 Å². The number of furan rings is 1. The van der Waals surface area contributed by atoms with E-state index in [1.54, 1.807) is 0 Å². The minimum absolute atomic E-state index is 0.648. The minimum atomic E-state index is 0.648. The van der Waals surface area contributed by atoms with Gasteiger partial charge >= 0.3 is 0 Å². The van der Waals surface area contributed by atoms with E-state index in [-0.39, 0.29) is 0 Å². The van der Waals surface area contributed by atoms with E-state index in [9.17, 15) is 0 Å². The third-order valence-corrected chi connectivity index (χ3v) is 4.79. The van der Waals surface area contributed by atoms with Crippen molar-refractivity contribution in [3.63, 3.8) is 0 Å². The van der Waals surface area contributed by atoms with Gasteiger partial charge in [-0.2, -0.15) is 4.98 Å². The van der Waals surface area contributed by atoms with E-state index in [1.807, 2.05) is 19.1 Å². The predicted octanol–water partition coefficient (Wildman–Crippen LogP) is 5.38. The van der Waals surface area contributed by atoms with Crippen LogP contribution in [0.5, 0.6) is 0 Å². The highest BCUT2D eigenvalue weighted by atomic mass is 16.3. The monoisotopic (exact) mass is 352 g/mol. The van der Waals surface area contributed by atoms with Crippen molar-refractivity contribution in [2.75, 3.05) is 23.3 Å². The molecule has 0 aliphatic heterocycles. The number of fused-ring (bicyclic) bond motifs is 1. The molecule has 0 bridgehead atoms. The second-order valence-electron chi connectivity index (χ2n) is 6.58. The number of hydrogen-bond donors (Lipinski definition) is 1. The zero-order valence-corrected chi connectivity index (χ0v) is 16.4. The Morgan fingerprint density at radius 2 is 1.81 bits per heavy atom. The Hall–Kier alpha value is -2.56. The minimum Gasteiger partial charge on any atom is -0.461 e. The van der Waals surface area contributed by atoms with Crippen molar-refractivity contribution in [2.45, 2.75) is 47.5 Å². The second-order valence-corrected chi connectivity index (χ2v) is 6.58. The van der Waals surface area contributed by atoms with Crippen LogP contribution in [0.3, 0.4) is 0 Å². The van der Waals surface area contributed by atoms with Crippen molar-refractivity contribution in [3.8, 4) is 0 Å². The first kappa shape index (κ1) is 18.2. The quantitative estimate of drug-likeness (QED) is 0.618. The topological polar surface area (TPSA) is 54.2 Å². The van der Waals surface area contributed by atoms with Gasteiger partial charge in [-0.3, -0.25) is 0 Å². The van der Waals surface area contributed by atoms with Crippen LogP contribution in [0.4, 0.5) is 17.5 Å². The zero-order valence-electron chi connectivity index (χ0n) is 16.4. The standard InChI is InChI=1S/C21H28N4O/c1-6-9-16-13-20(25(7-2)8-3)24-21(22-16)23-17-10-11-19-18(12-17)14(4)15(5)26-19/h10-13H,6-9H2,1-5H3,(H,22,23,24). The summed E-state index contributed by atoms with van der Waals surface area (Å²) in [4.78, 5) is 11.7. The molecule has 0 aliphatic rings. The predicted molar refractivity (Wildman–Crippen MR) is 109 cm³/mol. The summed E-state index contributed by atoms with van der Waals surface area (Å²) in [5.74, 6) is 2.59. The number of nitrogens with one attached hydrogen (secondary N) is 1. The van der Waals surface area contributed by atoms with Gasteiger partial charge in [-0.05, 0) is 57.9 Å². The number of aryl methyl sites for hydroxylation is 3. The Labute approximate surface area is 155 Å². The van der Waals surface area contributed by atoms with Crippen LogP contribution in [0.1, 0.15) is 44.2 Å². The number of hydrogen-bond acceptors (Lipinski definition) is 5. The summed E-state index contributed by atoms with van der Waals surface area (Å²) in [6, 6.07) is 8.22. The average molecular weight is 352 g/mol. The summed E-state index contributed by atoms with van der Waals surface area (Å²) in [5.41, 5.74) is 4.13. The molecule has 0 atom stereocenters. The summed E-state index contributed by atoms with van der Waals surface area (Å²) in [6.07, 6.45) is 2.01. The molecule has 1 N–H and O–H groups in total. The maximum atomic E-state index is 5.77. The molecule has 5 nitrogen and oxygen atoms in total. The Morgan fingerprint density at radius 3 is 2.50 bits per heavy atom. The molecule has 0 amide bonds. The maximum absolute atomic E-state index is 5.77. The van der Waals surface area contributed by atoms with Crippen molar-refractivity contribution >= 4 is 28.4 Å². The summed E-state index contributed by atoms with van der Waals surface area (Å²) in [7, 11) is 0. The van der Waals surface area contributed by atoms with Gasteiger partial charge in [0.1, 0.15) is 17.2 Å². The van der Waals surface area contributed by atoms with Crippen molar-refractivity contribution in [2.24, 2.45) is 0 Å². The molecule has 26 heavy (non-hydrogen) atoms. The van der Waals surface area contributed by atoms with Gasteiger partial charge in [-0.1, -0.05) is 13.3 Å². The SMILES string of the molecule is CCCc1cc(N(CC)CC)nc(Nc2ccc3oc(C)c(C)c3c2)n1. The molecule has 0 unspecified atom stereocenters. The van der Waals surface area contributed by atoms with Crippen LogP contribution in [0, 0.1) is 13.8 Å².